The fourth-order valence-corrected chi connectivity index (χ4v) is 2.22. The van der Waals surface area contributed by atoms with E-state index in [4.69, 9.17) is 4.74 Å². The molecule has 0 aromatic carbocycles. The molecule has 0 radical (unpaired) electrons. The Balaban J connectivity index is 0.00000106. The van der Waals surface area contributed by atoms with Gasteiger partial charge in [0.2, 0.25) is 0 Å². The molecule has 1 fully saturated rings. The molecule has 1 aromatic heterocycles. The Morgan fingerprint density at radius 3 is 2.33 bits per heavy atom. The van der Waals surface area contributed by atoms with E-state index < -0.39 is 5.60 Å². The number of alkyl carbamates (subject to hydrolysis) is 1. The first-order chi connectivity index (χ1) is 9.85. The molecule has 0 saturated heterocycles. The van der Waals surface area contributed by atoms with Gasteiger partial charge in [0.25, 0.3) is 0 Å². The minimum Gasteiger partial charge on any atom is -0.444 e. The molecule has 1 saturated carbocycles. The Morgan fingerprint density at radius 1 is 1.33 bits per heavy atom. The molecule has 0 bridgehead atoms. The van der Waals surface area contributed by atoms with Crippen LogP contribution in [-0.4, -0.2) is 22.9 Å². The van der Waals surface area contributed by atoms with Crippen molar-refractivity contribution in [1.29, 1.82) is 0 Å². The van der Waals surface area contributed by atoms with Crippen molar-refractivity contribution in [2.45, 2.75) is 63.5 Å². The van der Waals surface area contributed by atoms with Crippen LogP contribution in [0.1, 0.15) is 53.2 Å². The van der Waals surface area contributed by atoms with Crippen LogP contribution in [0.3, 0.4) is 0 Å². The molecule has 1 N–H and O–H groups in total. The number of ether oxygens (including phenoxy) is 1. The molecule has 0 unspecified atom stereocenters. The van der Waals surface area contributed by atoms with Gasteiger partial charge in [-0.25, -0.2) is 4.79 Å². The second kappa shape index (κ2) is 7.16. The molecule has 4 nitrogen and oxygen atoms in total. The summed E-state index contributed by atoms with van der Waals surface area (Å²) < 4.78 is 5.30. The number of rotatable bonds is 3. The second-order valence-corrected chi connectivity index (χ2v) is 6.67. The number of hydrogen-bond donors (Lipinski definition) is 1. The lowest BCUT2D eigenvalue weighted by Gasteiger charge is -2.23. The molecule has 21 heavy (non-hydrogen) atoms. The van der Waals surface area contributed by atoms with Crippen molar-refractivity contribution in [1.82, 2.24) is 10.3 Å². The summed E-state index contributed by atoms with van der Waals surface area (Å²) in [4.78, 5) is 17.4. The molecule has 1 aliphatic rings. The van der Waals surface area contributed by atoms with Crippen LogP contribution in [-0.2, 0) is 10.3 Å². The van der Waals surface area contributed by atoms with Crippen molar-refractivity contribution in [3.05, 3.63) is 24.0 Å². The van der Waals surface area contributed by atoms with Crippen molar-refractivity contribution in [2.24, 2.45) is 0 Å². The van der Waals surface area contributed by atoms with E-state index in [9.17, 15) is 4.79 Å². The minimum atomic E-state index is -0.476. The number of nitrogens with zero attached hydrogens (tertiary/aromatic N) is 1. The number of carbonyl (C=O) groups is 1. The molecule has 118 valence electrons. The summed E-state index contributed by atoms with van der Waals surface area (Å²) >= 11 is 1.66. The summed E-state index contributed by atoms with van der Waals surface area (Å²) in [6.07, 6.45) is 5.32. The van der Waals surface area contributed by atoms with Crippen LogP contribution in [0.15, 0.2) is 23.2 Å². The van der Waals surface area contributed by atoms with Crippen molar-refractivity contribution >= 4 is 17.9 Å². The molecule has 1 aromatic rings. The number of carbonyl (C=O) groups excluding carboxylic acids is 1. The Morgan fingerprint density at radius 2 is 1.95 bits per heavy atom. The highest BCUT2D eigenvalue weighted by Gasteiger charge is 2.47. The zero-order valence-corrected chi connectivity index (χ0v) is 14.6. The number of aromatic nitrogens is 1. The predicted octanol–water partition coefficient (Wildman–Crippen LogP) is 4.34. The quantitative estimate of drug-likeness (QED) is 0.844. The maximum absolute atomic E-state index is 11.8. The number of pyridine rings is 1. The summed E-state index contributed by atoms with van der Waals surface area (Å²) in [5.41, 5.74) is 0.117. The molecule has 2 rings (SSSR count). The average Bonchev–Trinajstić information content (AvgIpc) is 3.19. The molecule has 0 aliphatic heterocycles. The van der Waals surface area contributed by atoms with Gasteiger partial charge in [-0.1, -0.05) is 13.8 Å². The highest BCUT2D eigenvalue weighted by atomic mass is 32.2. The van der Waals surface area contributed by atoms with Gasteiger partial charge in [0.05, 0.1) is 11.2 Å². The topological polar surface area (TPSA) is 51.2 Å². The number of thioether (sulfide) groups is 1. The van der Waals surface area contributed by atoms with Gasteiger partial charge in [-0.15, -0.1) is 11.8 Å². The summed E-state index contributed by atoms with van der Waals surface area (Å²) in [5.74, 6) is 0. The fraction of sp³-hybridized carbons (Fsp3) is 0.625. The van der Waals surface area contributed by atoms with E-state index in [2.05, 4.69) is 10.3 Å². The summed E-state index contributed by atoms with van der Waals surface area (Å²) in [6.45, 7) is 9.58. The van der Waals surface area contributed by atoms with Gasteiger partial charge in [0.1, 0.15) is 5.60 Å². The number of nitrogens with one attached hydrogen (secondary N) is 1. The van der Waals surface area contributed by atoms with Gasteiger partial charge in [-0.2, -0.15) is 0 Å². The monoisotopic (exact) mass is 310 g/mol. The van der Waals surface area contributed by atoms with Crippen molar-refractivity contribution in [3.8, 4) is 0 Å². The highest BCUT2D eigenvalue weighted by Crippen LogP contribution is 2.44. The van der Waals surface area contributed by atoms with Crippen molar-refractivity contribution in [3.63, 3.8) is 0 Å². The first-order valence-corrected chi connectivity index (χ1v) is 8.59. The van der Waals surface area contributed by atoms with Crippen LogP contribution >= 0.6 is 11.8 Å². The first-order valence-electron chi connectivity index (χ1n) is 7.36. The molecule has 0 atom stereocenters. The second-order valence-electron chi connectivity index (χ2n) is 5.79. The lowest BCUT2D eigenvalue weighted by molar-refractivity contribution is 0.0494. The third-order valence-electron chi connectivity index (χ3n) is 2.95. The average molecular weight is 310 g/mol. The third-order valence-corrected chi connectivity index (χ3v) is 3.67. The lowest BCUT2D eigenvalue weighted by atomic mass is 10.1. The Hall–Kier alpha value is -1.23. The number of hydrogen-bond acceptors (Lipinski definition) is 4. The van der Waals surface area contributed by atoms with Crippen molar-refractivity contribution in [2.75, 3.05) is 6.26 Å². The molecule has 5 heteroatoms. The van der Waals surface area contributed by atoms with E-state index >= 15 is 0 Å². The predicted molar refractivity (Wildman–Crippen MR) is 87.6 cm³/mol. The Kier molecular flexibility index (Phi) is 6.08. The molecular formula is C16H26N2O2S. The Bertz CT molecular complexity index is 462. The van der Waals surface area contributed by atoms with Gasteiger partial charge in [0.15, 0.2) is 0 Å². The van der Waals surface area contributed by atoms with Crippen LogP contribution in [0.2, 0.25) is 0 Å². The van der Waals surface area contributed by atoms with Crippen LogP contribution in [0, 0.1) is 0 Å². The van der Waals surface area contributed by atoms with Gasteiger partial charge < -0.3 is 10.1 Å². The molecule has 1 amide bonds. The van der Waals surface area contributed by atoms with E-state index in [1.54, 1.807) is 11.8 Å². The van der Waals surface area contributed by atoms with Gasteiger partial charge >= 0.3 is 6.09 Å². The van der Waals surface area contributed by atoms with Crippen LogP contribution < -0.4 is 5.32 Å². The molecular weight excluding hydrogens is 284 g/mol. The highest BCUT2D eigenvalue weighted by molar-refractivity contribution is 7.98. The lowest BCUT2D eigenvalue weighted by Crippen LogP contribution is -2.39. The van der Waals surface area contributed by atoms with Gasteiger partial charge in [-0.3, -0.25) is 4.98 Å². The first kappa shape index (κ1) is 17.8. The third kappa shape index (κ3) is 5.23. The largest absolute Gasteiger partial charge is 0.444 e. The van der Waals surface area contributed by atoms with Crippen LogP contribution in [0.5, 0.6) is 0 Å². The van der Waals surface area contributed by atoms with Crippen LogP contribution in [0.4, 0.5) is 4.79 Å². The van der Waals surface area contributed by atoms with Gasteiger partial charge in [0, 0.05) is 11.1 Å². The summed E-state index contributed by atoms with van der Waals surface area (Å²) in [7, 11) is 0. The molecule has 1 heterocycles. The summed E-state index contributed by atoms with van der Waals surface area (Å²) in [6, 6.07) is 4.01. The van der Waals surface area contributed by atoms with Gasteiger partial charge in [-0.05, 0) is 52.0 Å². The van der Waals surface area contributed by atoms with Crippen molar-refractivity contribution < 1.29 is 9.53 Å². The zero-order chi connectivity index (χ0) is 16.1. The SMILES string of the molecule is CC.CSc1ccc(C2(NC(=O)OC(C)(C)C)CC2)nc1. The number of amides is 1. The normalized spacial score (nSPS) is 15.5. The standard InChI is InChI=1S/C14H20N2O2S.C2H6/c1-13(2,3)18-12(17)16-14(7-8-14)11-6-5-10(19-4)9-15-11;1-2/h5-6,9H,7-8H2,1-4H3,(H,16,17);1-2H3. The Labute approximate surface area is 132 Å². The zero-order valence-electron chi connectivity index (χ0n) is 13.8. The maximum atomic E-state index is 11.8. The summed E-state index contributed by atoms with van der Waals surface area (Å²) in [5, 5.41) is 2.95. The van der Waals surface area contributed by atoms with E-state index in [1.807, 2.05) is 59.2 Å². The molecule has 0 spiro atoms. The fourth-order valence-electron chi connectivity index (χ4n) is 1.85. The minimum absolute atomic E-state index is 0.320. The van der Waals surface area contributed by atoms with E-state index in [0.717, 1.165) is 23.4 Å². The molecule has 1 aliphatic carbocycles. The van der Waals surface area contributed by atoms with E-state index in [1.165, 1.54) is 0 Å². The van der Waals surface area contributed by atoms with Crippen LogP contribution in [0.25, 0.3) is 0 Å². The van der Waals surface area contributed by atoms with E-state index in [-0.39, 0.29) is 11.6 Å². The maximum Gasteiger partial charge on any atom is 0.408 e. The van der Waals surface area contributed by atoms with E-state index in [0.29, 0.717) is 0 Å². The smallest absolute Gasteiger partial charge is 0.408 e.